The molecule has 0 fully saturated rings. The Morgan fingerprint density at radius 2 is 1.20 bits per heavy atom. The first kappa shape index (κ1) is 14.9. The molecule has 104 valence electrons. The maximum atomic E-state index is 13.4. The number of benzene rings is 2. The summed E-state index contributed by atoms with van der Waals surface area (Å²) in [7, 11) is 0. The van der Waals surface area contributed by atoms with Gasteiger partial charge in [-0.05, 0) is 46.9 Å². The third kappa shape index (κ3) is 2.82. The van der Waals surface area contributed by atoms with Crippen molar-refractivity contribution in [2.75, 3.05) is 0 Å². The monoisotopic (exact) mass is 397 g/mol. The van der Waals surface area contributed by atoms with E-state index in [0.717, 1.165) is 3.57 Å². The van der Waals surface area contributed by atoms with Crippen molar-refractivity contribution in [2.24, 2.45) is 4.99 Å². The van der Waals surface area contributed by atoms with Gasteiger partial charge in [0, 0.05) is 9.78 Å². The van der Waals surface area contributed by atoms with Gasteiger partial charge in [0.25, 0.3) is 0 Å². The third-order valence-corrected chi connectivity index (χ3v) is 3.13. The van der Waals surface area contributed by atoms with Crippen LogP contribution in [0.1, 0.15) is 5.56 Å². The highest BCUT2D eigenvalue weighted by molar-refractivity contribution is 14.1. The van der Waals surface area contributed by atoms with E-state index in [9.17, 15) is 22.0 Å². The van der Waals surface area contributed by atoms with Crippen molar-refractivity contribution < 1.29 is 22.0 Å². The van der Waals surface area contributed by atoms with E-state index < -0.39 is 34.6 Å². The summed E-state index contributed by atoms with van der Waals surface area (Å²) in [5.74, 6) is -9.99. The van der Waals surface area contributed by atoms with Crippen molar-refractivity contribution in [1.82, 2.24) is 0 Å². The summed E-state index contributed by atoms with van der Waals surface area (Å²) in [6.45, 7) is 0. The molecule has 1 nitrogen and oxygen atoms in total. The van der Waals surface area contributed by atoms with E-state index in [2.05, 4.69) is 4.99 Å². The zero-order valence-electron chi connectivity index (χ0n) is 9.60. The van der Waals surface area contributed by atoms with E-state index in [4.69, 9.17) is 0 Å². The first-order valence-corrected chi connectivity index (χ1v) is 6.30. The number of nitrogens with zero attached hydrogens (tertiary/aromatic N) is 1. The van der Waals surface area contributed by atoms with E-state index in [1.807, 2.05) is 22.6 Å². The Morgan fingerprint density at radius 1 is 0.750 bits per heavy atom. The number of hydrogen-bond donors (Lipinski definition) is 0. The molecule has 0 aliphatic carbocycles. The molecule has 0 amide bonds. The molecule has 0 atom stereocenters. The van der Waals surface area contributed by atoms with Crippen LogP contribution in [0.3, 0.4) is 0 Å². The Kier molecular flexibility index (Phi) is 4.36. The third-order valence-electron chi connectivity index (χ3n) is 2.41. The van der Waals surface area contributed by atoms with Crippen molar-refractivity contribution >= 4 is 34.5 Å². The van der Waals surface area contributed by atoms with Crippen molar-refractivity contribution in [3.05, 3.63) is 62.5 Å². The molecule has 0 saturated carbocycles. The molecule has 0 aliphatic rings. The van der Waals surface area contributed by atoms with E-state index in [0.29, 0.717) is 11.9 Å². The second-order valence-electron chi connectivity index (χ2n) is 3.72. The van der Waals surface area contributed by atoms with Crippen LogP contribution in [0.15, 0.2) is 29.3 Å². The Bertz CT molecular complexity index is 653. The summed E-state index contributed by atoms with van der Waals surface area (Å²) in [5.41, 5.74) is -0.741. The number of halogens is 6. The molecule has 0 radical (unpaired) electrons. The van der Waals surface area contributed by atoms with Crippen LogP contribution < -0.4 is 0 Å². The van der Waals surface area contributed by atoms with Crippen molar-refractivity contribution in [1.29, 1.82) is 0 Å². The van der Waals surface area contributed by atoms with E-state index in [-0.39, 0.29) is 0 Å². The standard InChI is InChI=1S/C13H5F5IN/c14-9-8(10(15)12(17)13(18)11(9)16)5-20-7-3-1-6(19)2-4-7/h1-5H. The number of aliphatic imine (C=N–C) groups is 1. The largest absolute Gasteiger partial charge is 0.256 e. The summed E-state index contributed by atoms with van der Waals surface area (Å²) in [6.07, 6.45) is 0.610. The fourth-order valence-electron chi connectivity index (χ4n) is 1.40. The predicted molar refractivity (Wildman–Crippen MR) is 72.6 cm³/mol. The molecule has 0 aliphatic heterocycles. The summed E-state index contributed by atoms with van der Waals surface area (Å²) in [6, 6.07) is 6.46. The fourth-order valence-corrected chi connectivity index (χ4v) is 1.76. The quantitative estimate of drug-likeness (QED) is 0.228. The average molecular weight is 397 g/mol. The van der Waals surface area contributed by atoms with Crippen LogP contribution in [0.5, 0.6) is 0 Å². The molecule has 0 aromatic heterocycles. The fraction of sp³-hybridized carbons (Fsp3) is 0. The summed E-state index contributed by atoms with van der Waals surface area (Å²) in [4.78, 5) is 3.69. The van der Waals surface area contributed by atoms with E-state index in [1.54, 1.807) is 24.3 Å². The van der Waals surface area contributed by atoms with Crippen molar-refractivity contribution in [2.45, 2.75) is 0 Å². The highest BCUT2D eigenvalue weighted by Crippen LogP contribution is 2.22. The lowest BCUT2D eigenvalue weighted by Crippen LogP contribution is -2.06. The van der Waals surface area contributed by atoms with Crippen LogP contribution in [0, 0.1) is 32.7 Å². The zero-order chi connectivity index (χ0) is 14.9. The molecule has 20 heavy (non-hydrogen) atoms. The van der Waals surface area contributed by atoms with Crippen molar-refractivity contribution in [3.8, 4) is 0 Å². The SMILES string of the molecule is Fc1c(F)c(F)c(C=Nc2ccc(I)cc2)c(F)c1F. The van der Waals surface area contributed by atoms with Crippen LogP contribution in [-0.2, 0) is 0 Å². The molecular weight excluding hydrogens is 392 g/mol. The van der Waals surface area contributed by atoms with Gasteiger partial charge in [0.15, 0.2) is 23.3 Å². The maximum Gasteiger partial charge on any atom is 0.200 e. The normalized spacial score (nSPS) is 11.3. The Labute approximate surface area is 124 Å². The molecule has 7 heteroatoms. The smallest absolute Gasteiger partial charge is 0.200 e. The molecule has 0 saturated heterocycles. The van der Waals surface area contributed by atoms with Gasteiger partial charge in [0.2, 0.25) is 5.82 Å². The van der Waals surface area contributed by atoms with Gasteiger partial charge in [-0.2, -0.15) is 0 Å². The Balaban J connectivity index is 2.46. The lowest BCUT2D eigenvalue weighted by molar-refractivity contribution is 0.377. The van der Waals surface area contributed by atoms with E-state index in [1.165, 1.54) is 0 Å². The van der Waals surface area contributed by atoms with Crippen LogP contribution in [-0.4, -0.2) is 6.21 Å². The van der Waals surface area contributed by atoms with Crippen LogP contribution in [0.4, 0.5) is 27.6 Å². The summed E-state index contributed by atoms with van der Waals surface area (Å²) < 4.78 is 66.4. The lowest BCUT2D eigenvalue weighted by atomic mass is 10.2. The molecule has 2 rings (SSSR count). The van der Waals surface area contributed by atoms with Crippen molar-refractivity contribution in [3.63, 3.8) is 0 Å². The van der Waals surface area contributed by atoms with Gasteiger partial charge in [-0.1, -0.05) is 0 Å². The first-order valence-electron chi connectivity index (χ1n) is 5.23. The summed E-state index contributed by atoms with van der Waals surface area (Å²) in [5, 5.41) is 0. The molecule has 0 unspecified atom stereocenters. The second-order valence-corrected chi connectivity index (χ2v) is 4.96. The Hall–Kier alpha value is -1.51. The molecule has 2 aromatic carbocycles. The van der Waals surface area contributed by atoms with Gasteiger partial charge in [0.1, 0.15) is 0 Å². The van der Waals surface area contributed by atoms with Gasteiger partial charge in [-0.25, -0.2) is 22.0 Å². The topological polar surface area (TPSA) is 12.4 Å². The second kappa shape index (κ2) is 5.86. The molecule has 0 bridgehead atoms. The van der Waals surface area contributed by atoms with Gasteiger partial charge in [-0.15, -0.1) is 0 Å². The van der Waals surface area contributed by atoms with Gasteiger partial charge in [0.05, 0.1) is 11.3 Å². The van der Waals surface area contributed by atoms with Crippen LogP contribution in [0.2, 0.25) is 0 Å². The molecule has 2 aromatic rings. The highest BCUT2D eigenvalue weighted by Gasteiger charge is 2.24. The molecule has 0 heterocycles. The maximum absolute atomic E-state index is 13.4. The van der Waals surface area contributed by atoms with Gasteiger partial charge >= 0.3 is 0 Å². The minimum atomic E-state index is -2.19. The highest BCUT2D eigenvalue weighted by atomic mass is 127. The first-order chi connectivity index (χ1) is 9.41. The van der Waals surface area contributed by atoms with Gasteiger partial charge in [-0.3, -0.25) is 4.99 Å². The Morgan fingerprint density at radius 3 is 1.70 bits per heavy atom. The zero-order valence-corrected chi connectivity index (χ0v) is 11.8. The summed E-state index contributed by atoms with van der Waals surface area (Å²) >= 11 is 2.05. The minimum Gasteiger partial charge on any atom is -0.256 e. The number of rotatable bonds is 2. The lowest BCUT2D eigenvalue weighted by Gasteiger charge is -2.03. The van der Waals surface area contributed by atoms with Gasteiger partial charge < -0.3 is 0 Å². The van der Waals surface area contributed by atoms with Crippen LogP contribution >= 0.6 is 22.6 Å². The minimum absolute atomic E-state index is 0.328. The molecular formula is C13H5F5IN. The molecule has 0 N–H and O–H groups in total. The average Bonchev–Trinajstić information content (AvgIpc) is 2.45. The van der Waals surface area contributed by atoms with E-state index >= 15 is 0 Å². The predicted octanol–water partition coefficient (Wildman–Crippen LogP) is 4.74. The number of hydrogen-bond acceptors (Lipinski definition) is 1. The van der Waals surface area contributed by atoms with Crippen LogP contribution in [0.25, 0.3) is 0 Å². The molecule has 0 spiro atoms.